The number of rotatable bonds is 8. The van der Waals surface area contributed by atoms with Gasteiger partial charge in [0.15, 0.2) is 5.13 Å². The highest BCUT2D eigenvalue weighted by atomic mass is 32.1. The Bertz CT molecular complexity index is 405. The molecule has 1 aromatic rings. The summed E-state index contributed by atoms with van der Waals surface area (Å²) in [4.78, 5) is 17.0. The Balaban J connectivity index is 2.50. The number of thiazole rings is 1. The first kappa shape index (κ1) is 15.9. The van der Waals surface area contributed by atoms with Crippen molar-refractivity contribution < 1.29 is 9.53 Å². The van der Waals surface area contributed by atoms with E-state index in [-0.39, 0.29) is 5.91 Å². The predicted octanol–water partition coefficient (Wildman–Crippen LogP) is 2.29. The first-order valence-electron chi connectivity index (χ1n) is 6.53. The second kappa shape index (κ2) is 8.12. The first-order chi connectivity index (χ1) is 9.04. The van der Waals surface area contributed by atoms with Gasteiger partial charge in [0.25, 0.3) is 5.91 Å². The molecular weight excluding hydrogens is 262 g/mol. The van der Waals surface area contributed by atoms with Crippen LogP contribution < -0.4 is 10.6 Å². The second-order valence-electron chi connectivity index (χ2n) is 4.79. The Hall–Kier alpha value is -1.14. The molecule has 0 fully saturated rings. The van der Waals surface area contributed by atoms with Crippen LogP contribution in [0.1, 0.15) is 35.6 Å². The van der Waals surface area contributed by atoms with E-state index in [2.05, 4.69) is 29.5 Å². The normalized spacial score (nSPS) is 10.8. The Morgan fingerprint density at radius 3 is 2.79 bits per heavy atom. The first-order valence-corrected chi connectivity index (χ1v) is 7.34. The van der Waals surface area contributed by atoms with Gasteiger partial charge in [-0.25, -0.2) is 4.98 Å². The predicted molar refractivity (Wildman–Crippen MR) is 79.0 cm³/mol. The van der Waals surface area contributed by atoms with E-state index in [1.165, 1.54) is 11.3 Å². The van der Waals surface area contributed by atoms with Gasteiger partial charge in [0, 0.05) is 20.2 Å². The zero-order valence-electron chi connectivity index (χ0n) is 12.1. The molecule has 1 rings (SSSR count). The lowest BCUT2D eigenvalue weighted by atomic mass is 10.1. The van der Waals surface area contributed by atoms with E-state index in [0.29, 0.717) is 23.9 Å². The van der Waals surface area contributed by atoms with Crippen LogP contribution in [-0.4, -0.2) is 37.7 Å². The third-order valence-corrected chi connectivity index (χ3v) is 3.71. The van der Waals surface area contributed by atoms with Gasteiger partial charge in [0.05, 0.1) is 12.3 Å². The van der Waals surface area contributed by atoms with Gasteiger partial charge in [-0.2, -0.15) is 0 Å². The highest BCUT2D eigenvalue weighted by molar-refractivity contribution is 7.17. The molecule has 19 heavy (non-hydrogen) atoms. The molecule has 0 aliphatic rings. The topological polar surface area (TPSA) is 63.2 Å². The fraction of sp³-hybridized carbons (Fsp3) is 0.692. The molecular formula is C13H23N3O2S. The molecule has 0 aromatic carbocycles. The molecule has 5 nitrogen and oxygen atoms in total. The summed E-state index contributed by atoms with van der Waals surface area (Å²) in [6.45, 7) is 8.14. The molecule has 0 unspecified atom stereocenters. The van der Waals surface area contributed by atoms with Crippen molar-refractivity contribution >= 4 is 22.4 Å². The van der Waals surface area contributed by atoms with Gasteiger partial charge in [-0.05, 0) is 19.3 Å². The van der Waals surface area contributed by atoms with Crippen LogP contribution >= 0.6 is 11.3 Å². The summed E-state index contributed by atoms with van der Waals surface area (Å²) in [5.74, 6) is 0.578. The van der Waals surface area contributed by atoms with Crippen LogP contribution in [0, 0.1) is 12.8 Å². The third-order valence-electron chi connectivity index (χ3n) is 2.59. The summed E-state index contributed by atoms with van der Waals surface area (Å²) in [5, 5.41) is 6.88. The number of carbonyl (C=O) groups is 1. The number of ether oxygens (including phenoxy) is 1. The zero-order chi connectivity index (χ0) is 14.3. The van der Waals surface area contributed by atoms with Gasteiger partial charge in [0.2, 0.25) is 0 Å². The summed E-state index contributed by atoms with van der Waals surface area (Å²) in [6, 6.07) is 0. The minimum atomic E-state index is -0.0797. The van der Waals surface area contributed by atoms with Crippen molar-refractivity contribution in [2.45, 2.75) is 27.2 Å². The molecule has 1 heterocycles. The number of aromatic nitrogens is 1. The van der Waals surface area contributed by atoms with E-state index >= 15 is 0 Å². The standard InChI is InChI=1S/C13H23N3O2S/c1-9(2)5-6-15-13-16-10(3)11(19-13)12(17)14-7-8-18-4/h9H,5-8H2,1-4H3,(H,14,17)(H,15,16). The average Bonchev–Trinajstić information content (AvgIpc) is 2.70. The Morgan fingerprint density at radius 2 is 2.16 bits per heavy atom. The number of carbonyl (C=O) groups excluding carboxylic acids is 1. The number of amides is 1. The molecule has 1 amide bonds. The fourth-order valence-corrected chi connectivity index (χ4v) is 2.41. The molecule has 0 spiro atoms. The fourth-order valence-electron chi connectivity index (χ4n) is 1.50. The molecule has 0 bridgehead atoms. The third kappa shape index (κ3) is 5.57. The lowest BCUT2D eigenvalue weighted by molar-refractivity contribution is 0.0940. The number of nitrogens with zero attached hydrogens (tertiary/aromatic N) is 1. The van der Waals surface area contributed by atoms with Crippen LogP contribution in [0.5, 0.6) is 0 Å². The van der Waals surface area contributed by atoms with Crippen LogP contribution in [0.3, 0.4) is 0 Å². The summed E-state index contributed by atoms with van der Waals surface area (Å²) >= 11 is 1.40. The van der Waals surface area contributed by atoms with E-state index in [9.17, 15) is 4.79 Å². The smallest absolute Gasteiger partial charge is 0.263 e. The molecule has 0 atom stereocenters. The molecule has 0 aliphatic heterocycles. The maximum absolute atomic E-state index is 11.9. The van der Waals surface area contributed by atoms with Gasteiger partial charge in [0.1, 0.15) is 4.88 Å². The zero-order valence-corrected chi connectivity index (χ0v) is 12.9. The maximum Gasteiger partial charge on any atom is 0.263 e. The van der Waals surface area contributed by atoms with Crippen molar-refractivity contribution in [1.82, 2.24) is 10.3 Å². The minimum Gasteiger partial charge on any atom is -0.383 e. The summed E-state index contributed by atoms with van der Waals surface area (Å²) in [6.07, 6.45) is 1.09. The van der Waals surface area contributed by atoms with Crippen LogP contribution in [0.2, 0.25) is 0 Å². The van der Waals surface area contributed by atoms with Crippen LogP contribution in [0.4, 0.5) is 5.13 Å². The van der Waals surface area contributed by atoms with Gasteiger partial charge in [-0.3, -0.25) is 4.79 Å². The summed E-state index contributed by atoms with van der Waals surface area (Å²) in [5.41, 5.74) is 0.770. The van der Waals surface area contributed by atoms with E-state index in [0.717, 1.165) is 23.8 Å². The van der Waals surface area contributed by atoms with Gasteiger partial charge in [-0.1, -0.05) is 25.2 Å². The van der Waals surface area contributed by atoms with E-state index in [4.69, 9.17) is 4.74 Å². The number of anilines is 1. The van der Waals surface area contributed by atoms with Crippen molar-refractivity contribution in [3.63, 3.8) is 0 Å². The molecule has 2 N–H and O–H groups in total. The summed E-state index contributed by atoms with van der Waals surface area (Å²) in [7, 11) is 1.61. The number of hydrogen-bond acceptors (Lipinski definition) is 5. The molecule has 1 aromatic heterocycles. The molecule has 0 saturated heterocycles. The quantitative estimate of drug-likeness (QED) is 0.719. The van der Waals surface area contributed by atoms with Crippen molar-refractivity contribution in [2.24, 2.45) is 5.92 Å². The molecule has 0 saturated carbocycles. The van der Waals surface area contributed by atoms with Crippen molar-refractivity contribution in [1.29, 1.82) is 0 Å². The SMILES string of the molecule is COCCNC(=O)c1sc(NCCC(C)C)nc1C. The van der Waals surface area contributed by atoms with Gasteiger partial charge < -0.3 is 15.4 Å². The van der Waals surface area contributed by atoms with Crippen LogP contribution in [-0.2, 0) is 4.74 Å². The van der Waals surface area contributed by atoms with E-state index < -0.39 is 0 Å². The monoisotopic (exact) mass is 285 g/mol. The van der Waals surface area contributed by atoms with Crippen molar-refractivity contribution in [3.8, 4) is 0 Å². The lowest BCUT2D eigenvalue weighted by Crippen LogP contribution is -2.26. The Morgan fingerprint density at radius 1 is 1.42 bits per heavy atom. The largest absolute Gasteiger partial charge is 0.383 e. The summed E-state index contributed by atoms with van der Waals surface area (Å²) < 4.78 is 4.90. The molecule has 0 aliphatic carbocycles. The van der Waals surface area contributed by atoms with E-state index in [1.54, 1.807) is 7.11 Å². The van der Waals surface area contributed by atoms with Crippen molar-refractivity contribution in [2.75, 3.05) is 32.1 Å². The van der Waals surface area contributed by atoms with Crippen LogP contribution in [0.15, 0.2) is 0 Å². The van der Waals surface area contributed by atoms with Gasteiger partial charge in [-0.15, -0.1) is 0 Å². The maximum atomic E-state index is 11.9. The molecule has 108 valence electrons. The Labute approximate surface area is 118 Å². The highest BCUT2D eigenvalue weighted by Crippen LogP contribution is 2.22. The molecule has 6 heteroatoms. The highest BCUT2D eigenvalue weighted by Gasteiger charge is 2.14. The number of hydrogen-bond donors (Lipinski definition) is 2. The average molecular weight is 285 g/mol. The van der Waals surface area contributed by atoms with Crippen LogP contribution in [0.25, 0.3) is 0 Å². The second-order valence-corrected chi connectivity index (χ2v) is 5.79. The number of aryl methyl sites for hydroxylation is 1. The lowest BCUT2D eigenvalue weighted by Gasteiger charge is -2.04. The molecule has 0 radical (unpaired) electrons. The number of methoxy groups -OCH3 is 1. The Kier molecular flexibility index (Phi) is 6.80. The van der Waals surface area contributed by atoms with E-state index in [1.807, 2.05) is 6.92 Å². The minimum absolute atomic E-state index is 0.0797. The number of nitrogens with one attached hydrogen (secondary N) is 2. The van der Waals surface area contributed by atoms with Gasteiger partial charge >= 0.3 is 0 Å². The van der Waals surface area contributed by atoms with Crippen molar-refractivity contribution in [3.05, 3.63) is 10.6 Å².